The van der Waals surface area contributed by atoms with Crippen LogP contribution < -0.4 is 9.08 Å². The molecule has 0 amide bonds. The molecule has 0 aliphatic heterocycles. The third-order valence-electron chi connectivity index (χ3n) is 4.79. The average Bonchev–Trinajstić information content (AvgIpc) is 3.21. The van der Waals surface area contributed by atoms with Crippen molar-refractivity contribution in [2.24, 2.45) is 0 Å². The van der Waals surface area contributed by atoms with Crippen LogP contribution in [-0.2, 0) is 17.5 Å². The minimum atomic E-state index is -1.41. The van der Waals surface area contributed by atoms with Gasteiger partial charge in [-0.2, -0.15) is 0 Å². The maximum Gasteiger partial charge on any atom is 0.241 e. The summed E-state index contributed by atoms with van der Waals surface area (Å²) in [6, 6.07) is 30.4. The summed E-state index contributed by atoms with van der Waals surface area (Å²) in [5.41, 5.74) is 5.29. The molecule has 0 aliphatic carbocycles. The summed E-state index contributed by atoms with van der Waals surface area (Å²) in [5.74, 6) is 0. The molecular weight excluding hydrogens is 434 g/mol. The highest BCUT2D eigenvalue weighted by molar-refractivity contribution is 7.80. The molecule has 0 fully saturated rings. The first kappa shape index (κ1) is 23.8. The maximum atomic E-state index is 11.7. The molecule has 5 heteroatoms. The van der Waals surface area contributed by atoms with E-state index in [1.165, 1.54) is 33.7 Å². The molecular formula is C27H29NO2S2. The van der Waals surface area contributed by atoms with Crippen LogP contribution in [0.5, 0.6) is 5.06 Å². The number of aryl methyl sites for hydroxylation is 2. The lowest BCUT2D eigenvalue weighted by atomic mass is 10.0. The van der Waals surface area contributed by atoms with Crippen LogP contribution in [0, 0.1) is 13.8 Å². The molecule has 32 heavy (non-hydrogen) atoms. The van der Waals surface area contributed by atoms with E-state index in [2.05, 4.69) is 74.4 Å². The molecule has 0 saturated carbocycles. The van der Waals surface area contributed by atoms with E-state index in [9.17, 15) is 4.21 Å². The highest BCUT2D eigenvalue weighted by Crippen LogP contribution is 2.25. The van der Waals surface area contributed by atoms with Gasteiger partial charge in [-0.1, -0.05) is 60.2 Å². The standard InChI is InChI=1S/C16H19N.C11H10O2S2/c1-13-4-6-14(7-5-13)12-15-8-10-16(11-9-15)17(2)3;1-9-7-8-11(14-9)13-15(12)10-5-3-2-4-6-10/h4-11H,12H2,1-3H3;2-8H,1H3. The molecule has 1 atom stereocenters. The summed E-state index contributed by atoms with van der Waals surface area (Å²) in [4.78, 5) is 3.95. The number of nitrogens with zero attached hydrogens (tertiary/aromatic N) is 1. The molecule has 0 radical (unpaired) electrons. The first-order chi connectivity index (χ1) is 15.4. The summed E-state index contributed by atoms with van der Waals surface area (Å²) < 4.78 is 17.0. The smallest absolute Gasteiger partial charge is 0.241 e. The van der Waals surface area contributed by atoms with Crippen LogP contribution >= 0.6 is 11.3 Å². The van der Waals surface area contributed by atoms with E-state index < -0.39 is 11.1 Å². The molecule has 166 valence electrons. The van der Waals surface area contributed by atoms with Crippen LogP contribution in [0.3, 0.4) is 0 Å². The molecule has 4 rings (SSSR count). The maximum absolute atomic E-state index is 11.7. The molecule has 1 aromatic heterocycles. The predicted molar refractivity (Wildman–Crippen MR) is 137 cm³/mol. The Morgan fingerprint density at radius 3 is 1.91 bits per heavy atom. The van der Waals surface area contributed by atoms with Gasteiger partial charge in [-0.15, -0.1) is 11.3 Å². The van der Waals surface area contributed by atoms with Gasteiger partial charge in [0.15, 0.2) is 5.06 Å². The zero-order valence-electron chi connectivity index (χ0n) is 18.9. The van der Waals surface area contributed by atoms with E-state index in [1.807, 2.05) is 37.3 Å². The molecule has 0 aliphatic rings. The van der Waals surface area contributed by atoms with Crippen molar-refractivity contribution in [1.82, 2.24) is 0 Å². The van der Waals surface area contributed by atoms with Gasteiger partial charge in [-0.05, 0) is 67.8 Å². The number of thiophene rings is 1. The fraction of sp³-hybridized carbons (Fsp3) is 0.185. The first-order valence-corrected chi connectivity index (χ1v) is 12.3. The molecule has 3 nitrogen and oxygen atoms in total. The van der Waals surface area contributed by atoms with Crippen LogP contribution in [0.2, 0.25) is 0 Å². The second kappa shape index (κ2) is 11.7. The minimum absolute atomic E-state index is 0.684. The van der Waals surface area contributed by atoms with Gasteiger partial charge in [0.25, 0.3) is 0 Å². The van der Waals surface area contributed by atoms with Gasteiger partial charge in [0.2, 0.25) is 11.1 Å². The normalized spacial score (nSPS) is 11.2. The fourth-order valence-corrected chi connectivity index (χ4v) is 4.56. The largest absolute Gasteiger partial charge is 0.386 e. The van der Waals surface area contributed by atoms with Crippen LogP contribution in [-0.4, -0.2) is 18.3 Å². The molecule has 0 N–H and O–H groups in total. The van der Waals surface area contributed by atoms with Crippen molar-refractivity contribution in [2.75, 3.05) is 19.0 Å². The third kappa shape index (κ3) is 7.36. The third-order valence-corrected chi connectivity index (χ3v) is 6.76. The second-order valence-electron chi connectivity index (χ2n) is 7.72. The van der Waals surface area contributed by atoms with Crippen LogP contribution in [0.4, 0.5) is 5.69 Å². The Bertz CT molecular complexity index is 1120. The molecule has 0 spiro atoms. The summed E-state index contributed by atoms with van der Waals surface area (Å²) in [7, 11) is 4.13. The quantitative estimate of drug-likeness (QED) is 0.315. The second-order valence-corrected chi connectivity index (χ2v) is 10.1. The summed E-state index contributed by atoms with van der Waals surface area (Å²) in [5, 5.41) is 0.690. The molecule has 3 aromatic carbocycles. The van der Waals surface area contributed by atoms with E-state index in [0.29, 0.717) is 9.96 Å². The Kier molecular flexibility index (Phi) is 8.65. The van der Waals surface area contributed by atoms with E-state index in [4.69, 9.17) is 4.18 Å². The van der Waals surface area contributed by atoms with Gasteiger partial charge >= 0.3 is 0 Å². The number of hydrogen-bond donors (Lipinski definition) is 0. The SMILES string of the molecule is Cc1ccc(Cc2ccc(N(C)C)cc2)cc1.Cc1ccc(OS(=O)c2ccccc2)s1. The monoisotopic (exact) mass is 463 g/mol. The molecule has 0 bridgehead atoms. The highest BCUT2D eigenvalue weighted by Gasteiger charge is 2.06. The van der Waals surface area contributed by atoms with Crippen molar-refractivity contribution in [3.05, 3.63) is 113 Å². The molecule has 1 heterocycles. The van der Waals surface area contributed by atoms with Gasteiger partial charge in [-0.3, -0.25) is 0 Å². The van der Waals surface area contributed by atoms with Crippen LogP contribution in [0.1, 0.15) is 21.6 Å². The Balaban J connectivity index is 0.000000182. The zero-order chi connectivity index (χ0) is 22.9. The summed E-state index contributed by atoms with van der Waals surface area (Å²) in [6.45, 7) is 4.11. The van der Waals surface area contributed by atoms with E-state index in [1.54, 1.807) is 12.1 Å². The van der Waals surface area contributed by atoms with Gasteiger partial charge in [0.05, 0.1) is 4.90 Å². The van der Waals surface area contributed by atoms with E-state index in [0.717, 1.165) is 11.3 Å². The highest BCUT2D eigenvalue weighted by atomic mass is 32.2. The Labute approximate surface area is 198 Å². The van der Waals surface area contributed by atoms with Crippen molar-refractivity contribution in [3.8, 4) is 5.06 Å². The van der Waals surface area contributed by atoms with Crippen molar-refractivity contribution < 1.29 is 8.39 Å². The van der Waals surface area contributed by atoms with Crippen molar-refractivity contribution in [3.63, 3.8) is 0 Å². The van der Waals surface area contributed by atoms with Gasteiger partial charge < -0.3 is 9.08 Å². The summed E-state index contributed by atoms with van der Waals surface area (Å²) in [6.07, 6.45) is 1.01. The van der Waals surface area contributed by atoms with Gasteiger partial charge in [0.1, 0.15) is 0 Å². The lowest BCUT2D eigenvalue weighted by Crippen LogP contribution is -2.08. The topological polar surface area (TPSA) is 29.5 Å². The van der Waals surface area contributed by atoms with Crippen molar-refractivity contribution in [1.29, 1.82) is 0 Å². The van der Waals surface area contributed by atoms with Crippen LogP contribution in [0.15, 0.2) is 95.9 Å². The first-order valence-electron chi connectivity index (χ1n) is 10.4. The minimum Gasteiger partial charge on any atom is -0.386 e. The number of benzene rings is 3. The fourth-order valence-electron chi connectivity index (χ4n) is 2.96. The van der Waals surface area contributed by atoms with E-state index >= 15 is 0 Å². The molecule has 0 saturated heterocycles. The van der Waals surface area contributed by atoms with Crippen molar-refractivity contribution in [2.45, 2.75) is 25.2 Å². The number of anilines is 1. The lowest BCUT2D eigenvalue weighted by molar-refractivity contribution is 0.572. The summed E-state index contributed by atoms with van der Waals surface area (Å²) >= 11 is 0.0848. The number of hydrogen-bond acceptors (Lipinski definition) is 4. The molecule has 4 aromatic rings. The van der Waals surface area contributed by atoms with Crippen molar-refractivity contribution >= 4 is 28.1 Å². The predicted octanol–water partition coefficient (Wildman–Crippen LogP) is 6.81. The van der Waals surface area contributed by atoms with E-state index in [-0.39, 0.29) is 0 Å². The van der Waals surface area contributed by atoms with Gasteiger partial charge in [-0.25, -0.2) is 4.21 Å². The lowest BCUT2D eigenvalue weighted by Gasteiger charge is -2.12. The Morgan fingerprint density at radius 1 is 0.781 bits per heavy atom. The number of rotatable bonds is 6. The zero-order valence-corrected chi connectivity index (χ0v) is 20.6. The Morgan fingerprint density at radius 2 is 1.38 bits per heavy atom. The van der Waals surface area contributed by atoms with Gasteiger partial charge in [0, 0.05) is 24.7 Å². The Hall–Kier alpha value is -2.89. The molecule has 1 unspecified atom stereocenters. The average molecular weight is 464 g/mol. The van der Waals surface area contributed by atoms with Crippen LogP contribution in [0.25, 0.3) is 0 Å².